The van der Waals surface area contributed by atoms with Gasteiger partial charge in [-0.05, 0) is 47.5 Å². The number of amides is 1. The fraction of sp³-hybridized carbons (Fsp3) is 0.182. The van der Waals surface area contributed by atoms with E-state index in [0.717, 1.165) is 16.8 Å². The lowest BCUT2D eigenvalue weighted by Gasteiger charge is -2.10. The molecular weight excluding hydrogens is 373 g/mol. The van der Waals surface area contributed by atoms with Crippen LogP contribution in [-0.2, 0) is 13.1 Å². The maximum atomic E-state index is 12.9. The Hall–Kier alpha value is -3.61. The minimum absolute atomic E-state index is 0.265. The maximum absolute atomic E-state index is 12.9. The smallest absolute Gasteiger partial charge is 0.270 e. The van der Waals surface area contributed by atoms with Gasteiger partial charge in [0, 0.05) is 13.1 Å². The molecule has 0 aliphatic heterocycles. The first-order valence-corrected chi connectivity index (χ1v) is 9.02. The molecule has 0 radical (unpaired) electrons. The number of pyridine rings is 1. The first kappa shape index (κ1) is 20.1. The normalized spacial score (nSPS) is 10.3. The molecule has 0 saturated carbocycles. The van der Waals surface area contributed by atoms with Crippen LogP contribution in [0.4, 0.5) is 10.1 Å². The number of hydrogen-bond acceptors (Lipinski definition) is 5. The van der Waals surface area contributed by atoms with Gasteiger partial charge in [-0.1, -0.05) is 18.2 Å². The Kier molecular flexibility index (Phi) is 6.63. The fourth-order valence-corrected chi connectivity index (χ4v) is 2.70. The lowest BCUT2D eigenvalue weighted by atomic mass is 10.2. The van der Waals surface area contributed by atoms with Gasteiger partial charge in [0.2, 0.25) is 0 Å². The van der Waals surface area contributed by atoms with Gasteiger partial charge in [0.05, 0.1) is 26.1 Å². The zero-order chi connectivity index (χ0) is 20.6. The molecule has 29 heavy (non-hydrogen) atoms. The number of benzene rings is 2. The van der Waals surface area contributed by atoms with Crippen LogP contribution >= 0.6 is 0 Å². The summed E-state index contributed by atoms with van der Waals surface area (Å²) in [7, 11) is 3.14. The number of carbonyl (C=O) groups is 1. The van der Waals surface area contributed by atoms with Crippen molar-refractivity contribution in [3.8, 4) is 11.5 Å². The second-order valence-corrected chi connectivity index (χ2v) is 6.28. The summed E-state index contributed by atoms with van der Waals surface area (Å²) in [6, 6.07) is 15.2. The molecule has 0 fully saturated rings. The molecule has 0 saturated heterocycles. The summed E-state index contributed by atoms with van der Waals surface area (Å²) in [4.78, 5) is 16.5. The van der Waals surface area contributed by atoms with E-state index < -0.39 is 0 Å². The van der Waals surface area contributed by atoms with Crippen LogP contribution in [0.5, 0.6) is 11.5 Å². The number of rotatable bonds is 8. The van der Waals surface area contributed by atoms with Gasteiger partial charge in [-0.2, -0.15) is 0 Å². The highest BCUT2D eigenvalue weighted by Crippen LogP contribution is 2.27. The third kappa shape index (κ3) is 5.44. The minimum atomic E-state index is -0.273. The summed E-state index contributed by atoms with van der Waals surface area (Å²) in [5, 5.41) is 6.02. The maximum Gasteiger partial charge on any atom is 0.270 e. The van der Waals surface area contributed by atoms with Crippen LogP contribution in [0.1, 0.15) is 21.6 Å². The third-order valence-corrected chi connectivity index (χ3v) is 4.31. The van der Waals surface area contributed by atoms with E-state index in [2.05, 4.69) is 15.6 Å². The monoisotopic (exact) mass is 395 g/mol. The number of nitrogens with zero attached hydrogens (tertiary/aromatic N) is 1. The van der Waals surface area contributed by atoms with Crippen molar-refractivity contribution in [3.05, 3.63) is 83.4 Å². The topological polar surface area (TPSA) is 72.5 Å². The van der Waals surface area contributed by atoms with Gasteiger partial charge >= 0.3 is 0 Å². The summed E-state index contributed by atoms with van der Waals surface area (Å²) in [5.41, 5.74) is 2.92. The van der Waals surface area contributed by atoms with Crippen LogP contribution < -0.4 is 20.1 Å². The number of aromatic nitrogens is 1. The quantitative estimate of drug-likeness (QED) is 0.607. The predicted molar refractivity (Wildman–Crippen MR) is 109 cm³/mol. The Labute approximate surface area is 168 Å². The van der Waals surface area contributed by atoms with Crippen LogP contribution in [0.3, 0.4) is 0 Å². The van der Waals surface area contributed by atoms with Crippen LogP contribution in [0.25, 0.3) is 0 Å². The molecule has 0 unspecified atom stereocenters. The number of halogens is 1. The standard InChI is InChI=1S/C22H22FN3O3/c1-28-20-10-5-16(11-21(20)29-2)13-26-22(27)19-9-8-18(14-25-19)24-12-15-3-6-17(23)7-4-15/h3-11,14,24H,12-13H2,1-2H3,(H,26,27). The van der Waals surface area contributed by atoms with E-state index >= 15 is 0 Å². The summed E-state index contributed by atoms with van der Waals surface area (Å²) < 4.78 is 23.4. The van der Waals surface area contributed by atoms with Crippen molar-refractivity contribution >= 4 is 11.6 Å². The van der Waals surface area contributed by atoms with Crippen molar-refractivity contribution in [2.75, 3.05) is 19.5 Å². The molecule has 6 nitrogen and oxygen atoms in total. The molecule has 0 spiro atoms. The van der Waals surface area contributed by atoms with Gasteiger partial charge in [-0.25, -0.2) is 9.37 Å². The fourth-order valence-electron chi connectivity index (χ4n) is 2.70. The predicted octanol–water partition coefficient (Wildman–Crippen LogP) is 3.78. The number of ether oxygens (including phenoxy) is 2. The molecule has 3 aromatic rings. The Balaban J connectivity index is 1.54. The van der Waals surface area contributed by atoms with E-state index in [4.69, 9.17) is 9.47 Å². The highest BCUT2D eigenvalue weighted by molar-refractivity contribution is 5.92. The number of hydrogen-bond donors (Lipinski definition) is 2. The second kappa shape index (κ2) is 9.54. The third-order valence-electron chi connectivity index (χ3n) is 4.31. The summed E-state index contributed by atoms with van der Waals surface area (Å²) in [5.74, 6) is 0.700. The molecule has 3 rings (SSSR count). The van der Waals surface area contributed by atoms with Crippen molar-refractivity contribution in [2.45, 2.75) is 13.1 Å². The largest absolute Gasteiger partial charge is 0.493 e. The van der Waals surface area contributed by atoms with Gasteiger partial charge in [0.25, 0.3) is 5.91 Å². The number of nitrogens with one attached hydrogen (secondary N) is 2. The number of carbonyl (C=O) groups excluding carboxylic acids is 1. The van der Waals surface area contributed by atoms with E-state index in [-0.39, 0.29) is 11.7 Å². The van der Waals surface area contributed by atoms with E-state index in [9.17, 15) is 9.18 Å². The lowest BCUT2D eigenvalue weighted by molar-refractivity contribution is 0.0946. The van der Waals surface area contributed by atoms with E-state index in [1.165, 1.54) is 12.1 Å². The summed E-state index contributed by atoms with van der Waals surface area (Å²) in [6.45, 7) is 0.873. The van der Waals surface area contributed by atoms with Gasteiger partial charge in [-0.15, -0.1) is 0 Å². The Bertz CT molecular complexity index is 960. The molecule has 0 aliphatic rings. The molecule has 1 amide bonds. The molecule has 0 bridgehead atoms. The average Bonchev–Trinajstić information content (AvgIpc) is 2.77. The Morgan fingerprint density at radius 2 is 1.66 bits per heavy atom. The molecule has 1 aromatic heterocycles. The van der Waals surface area contributed by atoms with E-state index in [1.807, 2.05) is 12.1 Å². The van der Waals surface area contributed by atoms with Gasteiger partial charge in [0.1, 0.15) is 11.5 Å². The average molecular weight is 395 g/mol. The van der Waals surface area contributed by atoms with Crippen molar-refractivity contribution < 1.29 is 18.7 Å². The highest BCUT2D eigenvalue weighted by Gasteiger charge is 2.09. The second-order valence-electron chi connectivity index (χ2n) is 6.28. The number of anilines is 1. The summed E-state index contributed by atoms with van der Waals surface area (Å²) in [6.07, 6.45) is 1.59. The van der Waals surface area contributed by atoms with E-state index in [0.29, 0.717) is 30.3 Å². The van der Waals surface area contributed by atoms with Gasteiger partial charge in [-0.3, -0.25) is 4.79 Å². The first-order valence-electron chi connectivity index (χ1n) is 9.02. The van der Waals surface area contributed by atoms with Crippen LogP contribution in [-0.4, -0.2) is 25.1 Å². The zero-order valence-corrected chi connectivity index (χ0v) is 16.2. The molecule has 0 atom stereocenters. The zero-order valence-electron chi connectivity index (χ0n) is 16.2. The van der Waals surface area contributed by atoms with Crippen LogP contribution in [0.2, 0.25) is 0 Å². The number of methoxy groups -OCH3 is 2. The van der Waals surface area contributed by atoms with Crippen LogP contribution in [0, 0.1) is 5.82 Å². The van der Waals surface area contributed by atoms with Crippen molar-refractivity contribution in [1.82, 2.24) is 10.3 Å². The molecule has 7 heteroatoms. The molecule has 150 valence electrons. The first-order chi connectivity index (χ1) is 14.1. The highest BCUT2D eigenvalue weighted by atomic mass is 19.1. The Morgan fingerprint density at radius 1 is 0.931 bits per heavy atom. The SMILES string of the molecule is COc1ccc(CNC(=O)c2ccc(NCc3ccc(F)cc3)cn2)cc1OC. The van der Waals surface area contributed by atoms with Gasteiger partial charge < -0.3 is 20.1 Å². The van der Waals surface area contributed by atoms with Crippen molar-refractivity contribution in [2.24, 2.45) is 0 Å². The van der Waals surface area contributed by atoms with Crippen LogP contribution in [0.15, 0.2) is 60.8 Å². The summed E-state index contributed by atoms with van der Waals surface area (Å²) >= 11 is 0. The molecular formula is C22H22FN3O3. The van der Waals surface area contributed by atoms with Crippen molar-refractivity contribution in [1.29, 1.82) is 0 Å². The molecule has 1 heterocycles. The minimum Gasteiger partial charge on any atom is -0.493 e. The molecule has 2 N–H and O–H groups in total. The Morgan fingerprint density at radius 3 is 2.31 bits per heavy atom. The molecule has 0 aliphatic carbocycles. The van der Waals surface area contributed by atoms with Gasteiger partial charge in [0.15, 0.2) is 11.5 Å². The lowest BCUT2D eigenvalue weighted by Crippen LogP contribution is -2.23. The van der Waals surface area contributed by atoms with E-state index in [1.54, 1.807) is 50.7 Å². The van der Waals surface area contributed by atoms with Crippen molar-refractivity contribution in [3.63, 3.8) is 0 Å². The molecule has 2 aromatic carbocycles.